The highest BCUT2D eigenvalue weighted by Gasteiger charge is 2.27. The molecule has 96 valence electrons. The molecule has 4 nitrogen and oxygen atoms in total. The van der Waals surface area contributed by atoms with E-state index in [1.54, 1.807) is 11.8 Å². The molecule has 0 aliphatic carbocycles. The molecule has 0 bridgehead atoms. The minimum Gasteiger partial charge on any atom is -0.353 e. The fraction of sp³-hybridized carbons (Fsp3) is 0.500. The molecule has 1 aromatic carbocycles. The minimum absolute atomic E-state index is 0.348. The van der Waals surface area contributed by atoms with Crippen LogP contribution in [0, 0.1) is 6.92 Å². The van der Waals surface area contributed by atoms with Crippen LogP contribution >= 0.6 is 0 Å². The van der Waals surface area contributed by atoms with Crippen LogP contribution in [-0.4, -0.2) is 24.9 Å². The fourth-order valence-electron chi connectivity index (χ4n) is 1.95. The maximum atomic E-state index is 11.3. The van der Waals surface area contributed by atoms with E-state index in [9.17, 15) is 13.0 Å². The van der Waals surface area contributed by atoms with Gasteiger partial charge in [0.1, 0.15) is 0 Å². The molecule has 0 radical (unpaired) electrons. The molecular weight excluding hydrogens is 238 g/mol. The zero-order valence-corrected chi connectivity index (χ0v) is 11.2. The molecule has 0 aliphatic rings. The summed E-state index contributed by atoms with van der Waals surface area (Å²) in [5.41, 5.74) is 1.88. The summed E-state index contributed by atoms with van der Waals surface area (Å²) in [6, 6.07) is 7.59. The zero-order chi connectivity index (χ0) is 13.1. The highest BCUT2D eigenvalue weighted by molar-refractivity contribution is 7.86. The van der Waals surface area contributed by atoms with Crippen LogP contribution in [0.4, 0.5) is 5.69 Å². The Morgan fingerprint density at radius 1 is 1.35 bits per heavy atom. The molecule has 1 unspecified atom stereocenters. The van der Waals surface area contributed by atoms with Gasteiger partial charge in [0.2, 0.25) is 0 Å². The molecule has 0 saturated carbocycles. The monoisotopic (exact) mass is 257 g/mol. The molecule has 0 aliphatic heterocycles. The van der Waals surface area contributed by atoms with Crippen molar-refractivity contribution < 1.29 is 13.0 Å². The molecule has 1 atom stereocenters. The van der Waals surface area contributed by atoms with Crippen LogP contribution in [0.2, 0.25) is 0 Å². The van der Waals surface area contributed by atoms with Crippen LogP contribution in [0.25, 0.3) is 0 Å². The topological polar surface area (TPSA) is 57.6 Å². The van der Waals surface area contributed by atoms with Gasteiger partial charge < -0.3 is 4.90 Å². The number of rotatable bonds is 5. The third-order valence-corrected chi connectivity index (χ3v) is 3.99. The Balaban J connectivity index is 3.14. The Labute approximate surface area is 103 Å². The third kappa shape index (κ3) is 3.44. The normalized spacial score (nSPS) is 13.4. The van der Waals surface area contributed by atoms with E-state index in [1.165, 1.54) is 0 Å². The Morgan fingerprint density at radius 2 is 2.00 bits per heavy atom. The van der Waals surface area contributed by atoms with E-state index < -0.39 is 15.5 Å². The average Bonchev–Trinajstić information content (AvgIpc) is 2.23. The number of benzene rings is 1. The maximum absolute atomic E-state index is 11.3. The van der Waals surface area contributed by atoms with Gasteiger partial charge >= 0.3 is 0 Å². The summed E-state index contributed by atoms with van der Waals surface area (Å²) in [5.74, 6) is 0. The van der Waals surface area contributed by atoms with Crippen molar-refractivity contribution in [2.24, 2.45) is 0 Å². The van der Waals surface area contributed by atoms with Crippen LogP contribution in [0.5, 0.6) is 0 Å². The molecule has 1 rings (SSSR count). The molecular formula is C12H19NO3S. The molecule has 0 amide bonds. The van der Waals surface area contributed by atoms with Crippen molar-refractivity contribution in [1.29, 1.82) is 0 Å². The molecule has 17 heavy (non-hydrogen) atoms. The minimum atomic E-state index is -4.06. The highest BCUT2D eigenvalue weighted by Crippen LogP contribution is 2.22. The Bertz CT molecular complexity index is 470. The van der Waals surface area contributed by atoms with Crippen LogP contribution in [0.1, 0.15) is 25.8 Å². The van der Waals surface area contributed by atoms with Crippen molar-refractivity contribution in [2.45, 2.75) is 32.6 Å². The lowest BCUT2D eigenvalue weighted by Gasteiger charge is -2.30. The summed E-state index contributed by atoms with van der Waals surface area (Å²) in [5, 5.41) is -0.880. The van der Waals surface area contributed by atoms with E-state index in [0.29, 0.717) is 13.0 Å². The summed E-state index contributed by atoms with van der Waals surface area (Å²) in [7, 11) is -4.06. The number of hydrogen-bond acceptors (Lipinski definition) is 3. The Hall–Kier alpha value is -1.07. The first-order chi connectivity index (χ1) is 7.90. The smallest absolute Gasteiger partial charge is 0.286 e. The van der Waals surface area contributed by atoms with Gasteiger partial charge in [0.15, 0.2) is 5.37 Å². The van der Waals surface area contributed by atoms with Gasteiger partial charge in [0.25, 0.3) is 10.1 Å². The summed E-state index contributed by atoms with van der Waals surface area (Å²) in [6.45, 7) is 6.10. The quantitative estimate of drug-likeness (QED) is 0.823. The van der Waals surface area contributed by atoms with Gasteiger partial charge in [-0.1, -0.05) is 19.1 Å². The number of aryl methyl sites for hydroxylation is 1. The van der Waals surface area contributed by atoms with Crippen LogP contribution < -0.4 is 4.90 Å². The van der Waals surface area contributed by atoms with Crippen LogP contribution in [0.3, 0.4) is 0 Å². The van der Waals surface area contributed by atoms with Crippen molar-refractivity contribution in [2.75, 3.05) is 11.4 Å². The van der Waals surface area contributed by atoms with Gasteiger partial charge in [-0.05, 0) is 38.0 Å². The first kappa shape index (κ1) is 14.0. The SMILES string of the molecule is CCC(N(CC)c1cccc(C)c1)S(=O)(=O)O. The van der Waals surface area contributed by atoms with Gasteiger partial charge in [-0.2, -0.15) is 8.42 Å². The Kier molecular flexibility index (Phi) is 4.54. The molecule has 0 aromatic heterocycles. The van der Waals surface area contributed by atoms with Crippen molar-refractivity contribution in [3.8, 4) is 0 Å². The van der Waals surface area contributed by atoms with Gasteiger partial charge in [-0.15, -0.1) is 0 Å². The molecule has 0 spiro atoms. The van der Waals surface area contributed by atoms with Crippen LogP contribution in [0.15, 0.2) is 24.3 Å². The van der Waals surface area contributed by atoms with Gasteiger partial charge in [-0.3, -0.25) is 4.55 Å². The number of nitrogens with zero attached hydrogens (tertiary/aromatic N) is 1. The summed E-state index contributed by atoms with van der Waals surface area (Å²) < 4.78 is 31.9. The first-order valence-corrected chi connectivity index (χ1v) is 7.20. The molecule has 1 aromatic rings. The lowest BCUT2D eigenvalue weighted by molar-refractivity contribution is 0.460. The predicted molar refractivity (Wildman–Crippen MR) is 69.8 cm³/mol. The van der Waals surface area contributed by atoms with Gasteiger partial charge in [0, 0.05) is 12.2 Å². The number of anilines is 1. The first-order valence-electron chi connectivity index (χ1n) is 5.69. The average molecular weight is 257 g/mol. The molecule has 0 heterocycles. The van der Waals surface area contributed by atoms with E-state index in [0.717, 1.165) is 11.3 Å². The second kappa shape index (κ2) is 5.51. The van der Waals surface area contributed by atoms with Crippen molar-refractivity contribution >= 4 is 15.8 Å². The fourth-order valence-corrected chi connectivity index (χ4v) is 2.96. The zero-order valence-electron chi connectivity index (χ0n) is 10.4. The predicted octanol–water partition coefficient (Wildman–Crippen LogP) is 2.45. The second-order valence-electron chi connectivity index (χ2n) is 4.00. The maximum Gasteiger partial charge on any atom is 0.286 e. The largest absolute Gasteiger partial charge is 0.353 e. The highest BCUT2D eigenvalue weighted by atomic mass is 32.2. The summed E-state index contributed by atoms with van der Waals surface area (Å²) in [4.78, 5) is 1.70. The van der Waals surface area contributed by atoms with Crippen molar-refractivity contribution in [1.82, 2.24) is 0 Å². The molecule has 5 heteroatoms. The van der Waals surface area contributed by atoms with Crippen LogP contribution in [-0.2, 0) is 10.1 Å². The Morgan fingerprint density at radius 3 is 2.41 bits per heavy atom. The lowest BCUT2D eigenvalue weighted by atomic mass is 10.2. The third-order valence-electron chi connectivity index (χ3n) is 2.71. The van der Waals surface area contributed by atoms with E-state index in [2.05, 4.69) is 0 Å². The number of hydrogen-bond donors (Lipinski definition) is 1. The van der Waals surface area contributed by atoms with Crippen molar-refractivity contribution in [3.05, 3.63) is 29.8 Å². The summed E-state index contributed by atoms with van der Waals surface area (Å²) in [6.07, 6.45) is 0.348. The van der Waals surface area contributed by atoms with E-state index in [1.807, 2.05) is 38.1 Å². The van der Waals surface area contributed by atoms with E-state index in [4.69, 9.17) is 0 Å². The van der Waals surface area contributed by atoms with E-state index >= 15 is 0 Å². The second-order valence-corrected chi connectivity index (χ2v) is 5.58. The molecule has 0 fully saturated rings. The standard InChI is InChI=1S/C12H19NO3S/c1-4-12(17(14,15)16)13(5-2)11-8-6-7-10(3)9-11/h6-9,12H,4-5H2,1-3H3,(H,14,15,16). The lowest BCUT2D eigenvalue weighted by Crippen LogP contribution is -2.40. The van der Waals surface area contributed by atoms with E-state index in [-0.39, 0.29) is 0 Å². The molecule has 1 N–H and O–H groups in total. The van der Waals surface area contributed by atoms with Gasteiger partial charge in [-0.25, -0.2) is 0 Å². The van der Waals surface area contributed by atoms with Gasteiger partial charge in [0.05, 0.1) is 0 Å². The van der Waals surface area contributed by atoms with Crippen molar-refractivity contribution in [3.63, 3.8) is 0 Å². The summed E-state index contributed by atoms with van der Waals surface area (Å²) >= 11 is 0. The molecule has 0 saturated heterocycles.